The molecule has 34 heavy (non-hydrogen) atoms. The molecule has 0 unspecified atom stereocenters. The second-order valence-electron chi connectivity index (χ2n) is 8.52. The molecule has 8 nitrogen and oxygen atoms in total. The predicted octanol–water partition coefficient (Wildman–Crippen LogP) is 4.29. The summed E-state index contributed by atoms with van der Waals surface area (Å²) < 4.78 is 5.81. The highest BCUT2D eigenvalue weighted by Gasteiger charge is 2.30. The zero-order valence-electron chi connectivity index (χ0n) is 19.0. The molecular formula is C26H30N6O2. The number of aromatic nitrogens is 1. The molecule has 2 aliphatic carbocycles. The summed E-state index contributed by atoms with van der Waals surface area (Å²) in [7, 11) is 0. The number of anilines is 1. The van der Waals surface area contributed by atoms with E-state index < -0.39 is 0 Å². The van der Waals surface area contributed by atoms with Crippen LogP contribution in [0.15, 0.2) is 60.9 Å². The Kier molecular flexibility index (Phi) is 7.37. The van der Waals surface area contributed by atoms with Gasteiger partial charge in [-0.1, -0.05) is 18.2 Å². The number of pyridine rings is 1. The van der Waals surface area contributed by atoms with E-state index in [4.69, 9.17) is 21.3 Å². The van der Waals surface area contributed by atoms with Gasteiger partial charge in [0, 0.05) is 41.5 Å². The smallest absolute Gasteiger partial charge is 0.228 e. The van der Waals surface area contributed by atoms with Crippen molar-refractivity contribution in [2.75, 3.05) is 5.32 Å². The van der Waals surface area contributed by atoms with Crippen LogP contribution in [0.2, 0.25) is 0 Å². The molecule has 0 radical (unpaired) electrons. The van der Waals surface area contributed by atoms with Crippen molar-refractivity contribution in [2.24, 2.45) is 5.73 Å². The lowest BCUT2D eigenvalue weighted by molar-refractivity contribution is -0.115. The van der Waals surface area contributed by atoms with Crippen molar-refractivity contribution in [1.29, 1.82) is 10.8 Å². The third-order valence-electron chi connectivity index (χ3n) is 5.95. The summed E-state index contributed by atoms with van der Waals surface area (Å²) in [5.74, 6) is 0.688. The van der Waals surface area contributed by atoms with Gasteiger partial charge < -0.3 is 20.7 Å². The topological polar surface area (TPSA) is 128 Å². The molecule has 1 heterocycles. The highest BCUT2D eigenvalue weighted by atomic mass is 16.5. The Morgan fingerprint density at radius 3 is 2.65 bits per heavy atom. The minimum absolute atomic E-state index is 0.149. The fraction of sp³-hybridized carbons (Fsp3) is 0.308. The van der Waals surface area contributed by atoms with E-state index >= 15 is 0 Å². The molecule has 8 heteroatoms. The van der Waals surface area contributed by atoms with Gasteiger partial charge in [-0.15, -0.1) is 0 Å². The second kappa shape index (κ2) is 10.8. The monoisotopic (exact) mass is 458 g/mol. The number of amides is 1. The van der Waals surface area contributed by atoms with Crippen LogP contribution in [0, 0.1) is 10.8 Å². The number of hydrogen-bond acceptors (Lipinski definition) is 6. The highest BCUT2D eigenvalue weighted by molar-refractivity contribution is 6.04. The molecule has 2 aliphatic rings. The maximum Gasteiger partial charge on any atom is 0.228 e. The number of amidine groups is 1. The molecule has 5 N–H and O–H groups in total. The number of carbonyl (C=O) groups is 1. The Morgan fingerprint density at radius 2 is 2.03 bits per heavy atom. The SMILES string of the molecule is N=CN(C(=N)c1cccc(NC(=O)C/C=C(\C=C/N)c2ccc(OC3CCC3)nc2)c1)C1CC1. The number of nitrogens with one attached hydrogen (secondary N) is 3. The normalized spacial score (nSPS) is 16.1. The third kappa shape index (κ3) is 5.89. The molecule has 0 atom stereocenters. The fourth-order valence-corrected chi connectivity index (χ4v) is 3.68. The van der Waals surface area contributed by atoms with Crippen molar-refractivity contribution in [3.63, 3.8) is 0 Å². The van der Waals surface area contributed by atoms with Crippen molar-refractivity contribution in [1.82, 2.24) is 9.88 Å². The molecule has 2 aromatic rings. The van der Waals surface area contributed by atoms with E-state index in [1.165, 1.54) is 19.0 Å². The predicted molar refractivity (Wildman–Crippen MR) is 134 cm³/mol. The van der Waals surface area contributed by atoms with Gasteiger partial charge in [0.15, 0.2) is 0 Å². The first-order valence-electron chi connectivity index (χ1n) is 11.6. The number of rotatable bonds is 10. The standard InChI is InChI=1S/C26H30N6O2/c27-14-13-18(20-8-12-25(30-16-20)34-23-5-2-6-23)7-11-24(33)31-21-4-1-3-19(15-21)26(29)32(17-28)22-9-10-22/h1,3-4,7-8,12-17,22-23,28-29H,2,5-6,9-11,27H2,(H,31,33)/b14-13-,18-7+,28-17?,29-26?. The van der Waals surface area contributed by atoms with Crippen LogP contribution in [-0.4, -0.2) is 40.1 Å². The van der Waals surface area contributed by atoms with Crippen molar-refractivity contribution in [2.45, 2.75) is 50.7 Å². The van der Waals surface area contributed by atoms with Gasteiger partial charge in [0.2, 0.25) is 11.8 Å². The summed E-state index contributed by atoms with van der Waals surface area (Å²) in [5, 5.41) is 18.9. The lowest BCUT2D eigenvalue weighted by atomic mass is 9.96. The molecular weight excluding hydrogens is 428 g/mol. The van der Waals surface area contributed by atoms with Gasteiger partial charge in [-0.3, -0.25) is 15.6 Å². The van der Waals surface area contributed by atoms with Gasteiger partial charge in [0.05, 0.1) is 6.34 Å². The quantitative estimate of drug-likeness (QED) is 0.240. The lowest BCUT2D eigenvalue weighted by Gasteiger charge is -2.25. The maximum atomic E-state index is 12.6. The zero-order chi connectivity index (χ0) is 23.9. The highest BCUT2D eigenvalue weighted by Crippen LogP contribution is 2.28. The number of benzene rings is 1. The Hall–Kier alpha value is -3.94. The van der Waals surface area contributed by atoms with Crippen LogP contribution in [0.1, 0.15) is 49.7 Å². The Morgan fingerprint density at radius 1 is 1.21 bits per heavy atom. The molecule has 1 aromatic carbocycles. The first kappa shape index (κ1) is 23.2. The fourth-order valence-electron chi connectivity index (χ4n) is 3.68. The van der Waals surface area contributed by atoms with E-state index in [9.17, 15) is 4.79 Å². The van der Waals surface area contributed by atoms with E-state index in [-0.39, 0.29) is 30.3 Å². The summed E-state index contributed by atoms with van der Waals surface area (Å²) in [5.41, 5.74) is 8.52. The molecule has 0 spiro atoms. The summed E-state index contributed by atoms with van der Waals surface area (Å²) in [4.78, 5) is 18.7. The first-order valence-corrected chi connectivity index (χ1v) is 11.6. The van der Waals surface area contributed by atoms with E-state index in [0.717, 1.165) is 36.8 Å². The van der Waals surface area contributed by atoms with Crippen molar-refractivity contribution in [3.8, 4) is 5.88 Å². The van der Waals surface area contributed by atoms with Crippen molar-refractivity contribution >= 4 is 29.3 Å². The van der Waals surface area contributed by atoms with Crippen molar-refractivity contribution in [3.05, 3.63) is 72.1 Å². The second-order valence-corrected chi connectivity index (χ2v) is 8.52. The van der Waals surface area contributed by atoms with E-state index in [2.05, 4.69) is 10.3 Å². The summed E-state index contributed by atoms with van der Waals surface area (Å²) >= 11 is 0. The Balaban J connectivity index is 1.38. The Bertz CT molecular complexity index is 1100. The summed E-state index contributed by atoms with van der Waals surface area (Å²) in [6, 6.07) is 11.1. The van der Waals surface area contributed by atoms with Crippen LogP contribution in [0.3, 0.4) is 0 Å². The molecule has 176 valence electrons. The van der Waals surface area contributed by atoms with Gasteiger partial charge in [-0.25, -0.2) is 4.98 Å². The molecule has 0 bridgehead atoms. The van der Waals surface area contributed by atoms with Crippen LogP contribution in [0.5, 0.6) is 5.88 Å². The minimum atomic E-state index is -0.185. The van der Waals surface area contributed by atoms with Crippen LogP contribution in [0.25, 0.3) is 5.57 Å². The maximum absolute atomic E-state index is 12.6. The van der Waals surface area contributed by atoms with Gasteiger partial charge in [0.1, 0.15) is 11.9 Å². The molecule has 1 amide bonds. The minimum Gasteiger partial charge on any atom is -0.474 e. The van der Waals surface area contributed by atoms with E-state index in [1.54, 1.807) is 41.4 Å². The van der Waals surface area contributed by atoms with Gasteiger partial charge in [-0.05, 0) is 68.2 Å². The van der Waals surface area contributed by atoms with Crippen LogP contribution < -0.4 is 15.8 Å². The average Bonchev–Trinajstić information content (AvgIpc) is 3.65. The molecule has 2 saturated carbocycles. The van der Waals surface area contributed by atoms with Crippen LogP contribution >= 0.6 is 0 Å². The zero-order valence-corrected chi connectivity index (χ0v) is 19.0. The number of hydrogen-bond donors (Lipinski definition) is 4. The number of nitrogens with zero attached hydrogens (tertiary/aromatic N) is 2. The Labute approximate surface area is 199 Å². The molecule has 0 aliphatic heterocycles. The van der Waals surface area contributed by atoms with Crippen molar-refractivity contribution < 1.29 is 9.53 Å². The molecule has 2 fully saturated rings. The lowest BCUT2D eigenvalue weighted by Crippen LogP contribution is -2.31. The number of nitrogens with two attached hydrogens (primary N) is 1. The molecule has 0 saturated heterocycles. The van der Waals surface area contributed by atoms with Crippen LogP contribution in [0.4, 0.5) is 5.69 Å². The summed E-state index contributed by atoms with van der Waals surface area (Å²) in [6.07, 6.45) is 13.7. The molecule has 1 aromatic heterocycles. The first-order chi connectivity index (χ1) is 16.6. The largest absolute Gasteiger partial charge is 0.474 e. The van der Waals surface area contributed by atoms with Gasteiger partial charge >= 0.3 is 0 Å². The average molecular weight is 459 g/mol. The number of ether oxygens (including phenoxy) is 1. The molecule has 4 rings (SSSR count). The number of carbonyl (C=O) groups excluding carboxylic acids is 1. The van der Waals surface area contributed by atoms with E-state index in [0.29, 0.717) is 17.1 Å². The summed E-state index contributed by atoms with van der Waals surface area (Å²) in [6.45, 7) is 0. The van der Waals surface area contributed by atoms with Gasteiger partial charge in [0.25, 0.3) is 0 Å². The third-order valence-corrected chi connectivity index (χ3v) is 5.95. The van der Waals surface area contributed by atoms with E-state index in [1.807, 2.05) is 18.2 Å². The van der Waals surface area contributed by atoms with Crippen LogP contribution in [-0.2, 0) is 4.79 Å². The number of allylic oxidation sites excluding steroid dienone is 2. The van der Waals surface area contributed by atoms with Gasteiger partial charge in [-0.2, -0.15) is 0 Å².